The lowest BCUT2D eigenvalue weighted by Gasteiger charge is -2.10. The molecule has 1 aliphatic rings. The third-order valence-corrected chi connectivity index (χ3v) is 3.71. The summed E-state index contributed by atoms with van der Waals surface area (Å²) >= 11 is 0. The molecule has 3 rings (SSSR count). The summed E-state index contributed by atoms with van der Waals surface area (Å²) in [6.07, 6.45) is 0.793. The van der Waals surface area contributed by atoms with E-state index in [9.17, 15) is 4.79 Å². The Labute approximate surface area is 123 Å². The Kier molecular flexibility index (Phi) is 3.77. The van der Waals surface area contributed by atoms with Gasteiger partial charge in [0.2, 0.25) is 5.91 Å². The molecule has 1 aliphatic heterocycles. The Hall–Kier alpha value is -2.49. The number of carbonyl (C=O) groups is 1. The minimum atomic E-state index is -0.201. The first-order valence-electron chi connectivity index (χ1n) is 7.08. The minimum Gasteiger partial charge on any atom is -0.492 e. The van der Waals surface area contributed by atoms with Gasteiger partial charge in [-0.05, 0) is 30.2 Å². The molecular weight excluding hydrogens is 264 g/mol. The molecule has 0 aromatic heterocycles. The standard InChI is InChI=1S/C17H18N2O2/c18-13-7-5-12(6-8-13)9-10-19-17(20)15-11-21-16-4-2-1-3-14(15)16/h1-8,15H,9-11,18H2,(H,19,20). The first-order chi connectivity index (χ1) is 10.2. The van der Waals surface area contributed by atoms with Crippen molar-refractivity contribution in [3.8, 4) is 5.75 Å². The maximum atomic E-state index is 12.2. The molecule has 4 heteroatoms. The van der Waals surface area contributed by atoms with Crippen molar-refractivity contribution in [3.05, 3.63) is 59.7 Å². The van der Waals surface area contributed by atoms with Gasteiger partial charge in [0.1, 0.15) is 18.3 Å². The van der Waals surface area contributed by atoms with E-state index < -0.39 is 0 Å². The van der Waals surface area contributed by atoms with Crippen LogP contribution in [0.5, 0.6) is 5.75 Å². The van der Waals surface area contributed by atoms with Gasteiger partial charge < -0.3 is 15.8 Å². The van der Waals surface area contributed by atoms with Crippen LogP contribution in [0.25, 0.3) is 0 Å². The zero-order chi connectivity index (χ0) is 14.7. The third kappa shape index (κ3) is 2.99. The van der Waals surface area contributed by atoms with Crippen molar-refractivity contribution in [2.45, 2.75) is 12.3 Å². The van der Waals surface area contributed by atoms with E-state index in [1.165, 1.54) is 0 Å². The van der Waals surface area contributed by atoms with Crippen LogP contribution >= 0.6 is 0 Å². The number of benzene rings is 2. The fourth-order valence-electron chi connectivity index (χ4n) is 2.52. The molecule has 108 valence electrons. The summed E-state index contributed by atoms with van der Waals surface area (Å²) in [4.78, 5) is 12.2. The quantitative estimate of drug-likeness (QED) is 0.844. The molecule has 0 spiro atoms. The van der Waals surface area contributed by atoms with Gasteiger partial charge in [-0.1, -0.05) is 30.3 Å². The van der Waals surface area contributed by atoms with E-state index in [2.05, 4.69) is 5.32 Å². The molecular formula is C17H18N2O2. The molecule has 0 radical (unpaired) electrons. The number of carbonyl (C=O) groups excluding carboxylic acids is 1. The van der Waals surface area contributed by atoms with Crippen molar-refractivity contribution in [1.29, 1.82) is 0 Å². The van der Waals surface area contributed by atoms with Crippen LogP contribution in [-0.2, 0) is 11.2 Å². The lowest BCUT2D eigenvalue weighted by Crippen LogP contribution is -2.31. The Morgan fingerprint density at radius 2 is 1.95 bits per heavy atom. The summed E-state index contributed by atoms with van der Waals surface area (Å²) in [6.45, 7) is 1.04. The molecule has 2 aromatic rings. The monoisotopic (exact) mass is 282 g/mol. The van der Waals surface area contributed by atoms with Crippen LogP contribution in [0.4, 0.5) is 5.69 Å². The molecule has 4 nitrogen and oxygen atoms in total. The summed E-state index contributed by atoms with van der Waals surface area (Å²) in [5, 5.41) is 2.98. The number of hydrogen-bond donors (Lipinski definition) is 2. The lowest BCUT2D eigenvalue weighted by molar-refractivity contribution is -0.122. The molecule has 2 aromatic carbocycles. The van der Waals surface area contributed by atoms with Crippen molar-refractivity contribution in [2.75, 3.05) is 18.9 Å². The second-order valence-corrected chi connectivity index (χ2v) is 5.18. The molecule has 0 saturated heterocycles. The highest BCUT2D eigenvalue weighted by atomic mass is 16.5. The number of nitrogen functional groups attached to an aromatic ring is 1. The molecule has 1 atom stereocenters. The molecule has 1 unspecified atom stereocenters. The van der Waals surface area contributed by atoms with Crippen molar-refractivity contribution in [3.63, 3.8) is 0 Å². The topological polar surface area (TPSA) is 64.3 Å². The average molecular weight is 282 g/mol. The normalized spacial score (nSPS) is 16.1. The number of para-hydroxylation sites is 1. The Morgan fingerprint density at radius 3 is 2.76 bits per heavy atom. The zero-order valence-electron chi connectivity index (χ0n) is 11.7. The number of amides is 1. The summed E-state index contributed by atoms with van der Waals surface area (Å²) in [6, 6.07) is 15.4. The van der Waals surface area contributed by atoms with E-state index in [0.717, 1.165) is 29.0 Å². The van der Waals surface area contributed by atoms with Gasteiger partial charge in [0, 0.05) is 17.8 Å². The smallest absolute Gasteiger partial charge is 0.231 e. The van der Waals surface area contributed by atoms with E-state index in [1.807, 2.05) is 48.5 Å². The van der Waals surface area contributed by atoms with Crippen molar-refractivity contribution >= 4 is 11.6 Å². The van der Waals surface area contributed by atoms with Crippen LogP contribution in [0.3, 0.4) is 0 Å². The van der Waals surface area contributed by atoms with E-state index >= 15 is 0 Å². The first kappa shape index (κ1) is 13.5. The van der Waals surface area contributed by atoms with Gasteiger partial charge in [0.15, 0.2) is 0 Å². The molecule has 1 heterocycles. The number of anilines is 1. The lowest BCUT2D eigenvalue weighted by atomic mass is 10.0. The zero-order valence-corrected chi connectivity index (χ0v) is 11.7. The van der Waals surface area contributed by atoms with Crippen LogP contribution in [0.2, 0.25) is 0 Å². The number of nitrogens with one attached hydrogen (secondary N) is 1. The summed E-state index contributed by atoms with van der Waals surface area (Å²) < 4.78 is 5.54. The van der Waals surface area contributed by atoms with E-state index in [-0.39, 0.29) is 11.8 Å². The summed E-state index contributed by atoms with van der Waals surface area (Å²) in [5.74, 6) is 0.638. The van der Waals surface area contributed by atoms with Gasteiger partial charge in [-0.3, -0.25) is 4.79 Å². The average Bonchev–Trinajstić information content (AvgIpc) is 2.93. The molecule has 0 bridgehead atoms. The third-order valence-electron chi connectivity index (χ3n) is 3.71. The second-order valence-electron chi connectivity index (χ2n) is 5.18. The molecule has 0 aliphatic carbocycles. The fraction of sp³-hybridized carbons (Fsp3) is 0.235. The maximum Gasteiger partial charge on any atom is 0.231 e. The Balaban J connectivity index is 1.54. The largest absolute Gasteiger partial charge is 0.492 e. The maximum absolute atomic E-state index is 12.2. The Bertz CT molecular complexity index is 637. The van der Waals surface area contributed by atoms with Gasteiger partial charge in [0.25, 0.3) is 0 Å². The number of hydrogen-bond acceptors (Lipinski definition) is 3. The van der Waals surface area contributed by atoms with Crippen LogP contribution in [-0.4, -0.2) is 19.1 Å². The minimum absolute atomic E-state index is 0.0235. The Morgan fingerprint density at radius 1 is 1.19 bits per heavy atom. The van der Waals surface area contributed by atoms with Gasteiger partial charge >= 0.3 is 0 Å². The van der Waals surface area contributed by atoms with Crippen molar-refractivity contribution in [2.24, 2.45) is 0 Å². The highest BCUT2D eigenvalue weighted by Gasteiger charge is 2.29. The molecule has 1 amide bonds. The fourth-order valence-corrected chi connectivity index (χ4v) is 2.52. The van der Waals surface area contributed by atoms with Gasteiger partial charge in [-0.15, -0.1) is 0 Å². The highest BCUT2D eigenvalue weighted by Crippen LogP contribution is 2.33. The van der Waals surface area contributed by atoms with Crippen LogP contribution < -0.4 is 15.8 Å². The molecule has 21 heavy (non-hydrogen) atoms. The number of fused-ring (bicyclic) bond motifs is 1. The van der Waals surface area contributed by atoms with Gasteiger partial charge in [-0.2, -0.15) is 0 Å². The predicted molar refractivity (Wildman–Crippen MR) is 82.2 cm³/mol. The first-order valence-corrected chi connectivity index (χ1v) is 7.08. The van der Waals surface area contributed by atoms with E-state index in [0.29, 0.717) is 13.2 Å². The van der Waals surface area contributed by atoms with Crippen LogP contribution in [0.15, 0.2) is 48.5 Å². The molecule has 0 fully saturated rings. The number of rotatable bonds is 4. The van der Waals surface area contributed by atoms with Crippen molar-refractivity contribution < 1.29 is 9.53 Å². The predicted octanol–water partition coefficient (Wildman–Crippen LogP) is 2.10. The van der Waals surface area contributed by atoms with E-state index in [4.69, 9.17) is 10.5 Å². The number of nitrogens with two attached hydrogens (primary N) is 1. The highest BCUT2D eigenvalue weighted by molar-refractivity contribution is 5.85. The van der Waals surface area contributed by atoms with Gasteiger partial charge in [-0.25, -0.2) is 0 Å². The van der Waals surface area contributed by atoms with Crippen LogP contribution in [0, 0.1) is 0 Å². The SMILES string of the molecule is Nc1ccc(CCNC(=O)C2COc3ccccc32)cc1. The molecule has 0 saturated carbocycles. The van der Waals surface area contributed by atoms with Gasteiger partial charge in [0.05, 0.1) is 0 Å². The summed E-state index contributed by atoms with van der Waals surface area (Å²) in [5.41, 5.74) is 8.53. The van der Waals surface area contributed by atoms with E-state index in [1.54, 1.807) is 0 Å². The molecule has 3 N–H and O–H groups in total. The van der Waals surface area contributed by atoms with Crippen molar-refractivity contribution in [1.82, 2.24) is 5.32 Å². The number of ether oxygens (including phenoxy) is 1. The summed E-state index contributed by atoms with van der Waals surface area (Å²) in [7, 11) is 0. The van der Waals surface area contributed by atoms with Crippen LogP contribution in [0.1, 0.15) is 17.0 Å². The second kappa shape index (κ2) is 5.87.